The number of benzene rings is 2. The van der Waals surface area contributed by atoms with Crippen LogP contribution >= 0.6 is 11.8 Å². The molecular weight excluding hydrogens is 389 g/mol. The van der Waals surface area contributed by atoms with Crippen LogP contribution in [0.25, 0.3) is 6.08 Å². The molecule has 0 radical (unpaired) electrons. The number of carbonyl (C=O) groups excluding carboxylic acids is 1. The number of amides is 1. The fourth-order valence-electron chi connectivity index (χ4n) is 2.32. The van der Waals surface area contributed by atoms with E-state index in [1.165, 1.54) is 12.1 Å². The van der Waals surface area contributed by atoms with Gasteiger partial charge in [-0.2, -0.15) is 13.2 Å². The van der Waals surface area contributed by atoms with Crippen LogP contribution in [0.15, 0.2) is 71.1 Å². The predicted octanol–water partition coefficient (Wildman–Crippen LogP) is 5.16. The minimum Gasteiger partial charge on any atom is -0.490 e. The van der Waals surface area contributed by atoms with Gasteiger partial charge in [0.25, 0.3) is 5.91 Å². The van der Waals surface area contributed by atoms with Crippen LogP contribution in [0.5, 0.6) is 5.75 Å². The van der Waals surface area contributed by atoms with Crippen molar-refractivity contribution in [2.45, 2.75) is 6.18 Å². The van der Waals surface area contributed by atoms with Crippen LogP contribution in [-0.4, -0.2) is 17.7 Å². The lowest BCUT2D eigenvalue weighted by Gasteiger charge is -2.06. The minimum atomic E-state index is -4.45. The first-order valence-corrected chi connectivity index (χ1v) is 8.97. The van der Waals surface area contributed by atoms with Crippen LogP contribution in [0, 0.1) is 0 Å². The van der Waals surface area contributed by atoms with Gasteiger partial charge < -0.3 is 10.1 Å². The standard InChI is InChI=1S/C20H15F3N2O2S/c1-2-10-27-16-8-6-13(7-9-16)11-17-18(26)25-19(28-17)24-15-5-3-4-14(12-15)20(21,22)23/h2-9,11-12H,1,10H2,(H,24,25,26)/b17-11+. The van der Waals surface area contributed by atoms with Crippen molar-refractivity contribution in [3.05, 3.63) is 77.2 Å². The van der Waals surface area contributed by atoms with Crippen molar-refractivity contribution >= 4 is 34.6 Å². The molecule has 4 nitrogen and oxygen atoms in total. The number of amidine groups is 1. The smallest absolute Gasteiger partial charge is 0.416 e. The summed E-state index contributed by atoms with van der Waals surface area (Å²) >= 11 is 1.06. The second-order valence-electron chi connectivity index (χ2n) is 5.70. The van der Waals surface area contributed by atoms with Crippen LogP contribution in [-0.2, 0) is 11.0 Å². The number of rotatable bonds is 5. The molecule has 1 aliphatic heterocycles. The van der Waals surface area contributed by atoms with Gasteiger partial charge in [0.1, 0.15) is 12.4 Å². The first-order chi connectivity index (χ1) is 13.3. The number of nitrogens with one attached hydrogen (secondary N) is 1. The Morgan fingerprint density at radius 3 is 2.61 bits per heavy atom. The molecule has 28 heavy (non-hydrogen) atoms. The highest BCUT2D eigenvalue weighted by molar-refractivity contribution is 8.18. The highest BCUT2D eigenvalue weighted by Crippen LogP contribution is 2.33. The van der Waals surface area contributed by atoms with Gasteiger partial charge in [-0.05, 0) is 53.7 Å². The maximum atomic E-state index is 12.8. The molecule has 3 rings (SSSR count). The van der Waals surface area contributed by atoms with Gasteiger partial charge in [0, 0.05) is 0 Å². The highest BCUT2D eigenvalue weighted by Gasteiger charge is 2.30. The largest absolute Gasteiger partial charge is 0.490 e. The van der Waals surface area contributed by atoms with Crippen molar-refractivity contribution in [1.82, 2.24) is 5.32 Å². The summed E-state index contributed by atoms with van der Waals surface area (Å²) in [5.41, 5.74) is 0.102. The summed E-state index contributed by atoms with van der Waals surface area (Å²) in [7, 11) is 0. The van der Waals surface area contributed by atoms with Crippen molar-refractivity contribution in [3.63, 3.8) is 0 Å². The lowest BCUT2D eigenvalue weighted by atomic mass is 10.2. The molecule has 0 spiro atoms. The van der Waals surface area contributed by atoms with Gasteiger partial charge >= 0.3 is 6.18 Å². The fraction of sp³-hybridized carbons (Fsp3) is 0.100. The molecule has 1 fully saturated rings. The van der Waals surface area contributed by atoms with E-state index in [1.54, 1.807) is 36.4 Å². The second kappa shape index (κ2) is 8.35. The number of hydrogen-bond donors (Lipinski definition) is 1. The molecule has 8 heteroatoms. The average molecular weight is 404 g/mol. The molecule has 1 heterocycles. The molecule has 0 bridgehead atoms. The Morgan fingerprint density at radius 1 is 1.18 bits per heavy atom. The molecule has 0 saturated carbocycles. The zero-order valence-electron chi connectivity index (χ0n) is 14.5. The molecule has 1 amide bonds. The molecular formula is C20H15F3N2O2S. The first kappa shape index (κ1) is 19.8. The molecule has 2 aromatic carbocycles. The molecule has 1 N–H and O–H groups in total. The average Bonchev–Trinajstić information content (AvgIpc) is 2.99. The number of alkyl halides is 3. The van der Waals surface area contributed by atoms with Crippen molar-refractivity contribution < 1.29 is 22.7 Å². The zero-order valence-corrected chi connectivity index (χ0v) is 15.3. The normalized spacial score (nSPS) is 17.0. The summed E-state index contributed by atoms with van der Waals surface area (Å²) in [6.07, 6.45) is -1.14. The van der Waals surface area contributed by atoms with Gasteiger partial charge in [0.2, 0.25) is 0 Å². The fourth-order valence-corrected chi connectivity index (χ4v) is 3.16. The maximum Gasteiger partial charge on any atom is 0.416 e. The third-order valence-corrected chi connectivity index (χ3v) is 4.51. The summed E-state index contributed by atoms with van der Waals surface area (Å²) in [5, 5.41) is 2.78. The summed E-state index contributed by atoms with van der Waals surface area (Å²) in [6, 6.07) is 11.7. The number of thioether (sulfide) groups is 1. The van der Waals surface area contributed by atoms with Crippen molar-refractivity contribution in [1.29, 1.82) is 0 Å². The monoisotopic (exact) mass is 404 g/mol. The van der Waals surface area contributed by atoms with Crippen LogP contribution in [0.4, 0.5) is 18.9 Å². The minimum absolute atomic E-state index is 0.114. The third-order valence-electron chi connectivity index (χ3n) is 3.60. The topological polar surface area (TPSA) is 50.7 Å². The number of nitrogens with zero attached hydrogens (tertiary/aromatic N) is 1. The SMILES string of the molecule is C=CCOc1ccc(/C=C2/SC(=Nc3cccc(C(F)(F)F)c3)NC2=O)cc1. The highest BCUT2D eigenvalue weighted by atomic mass is 32.2. The molecule has 1 aliphatic rings. The maximum absolute atomic E-state index is 12.8. The van der Waals surface area contributed by atoms with Crippen LogP contribution in [0.1, 0.15) is 11.1 Å². The summed E-state index contributed by atoms with van der Waals surface area (Å²) in [4.78, 5) is 16.6. The molecule has 1 saturated heterocycles. The Labute approximate surface area is 163 Å². The quantitative estimate of drug-likeness (QED) is 0.553. The Kier molecular flexibility index (Phi) is 5.89. The van der Waals surface area contributed by atoms with Gasteiger partial charge in [-0.1, -0.05) is 30.9 Å². The van der Waals surface area contributed by atoms with E-state index < -0.39 is 11.7 Å². The Hall–Kier alpha value is -3.00. The Bertz CT molecular complexity index is 951. The van der Waals surface area contributed by atoms with Gasteiger partial charge in [-0.3, -0.25) is 4.79 Å². The predicted molar refractivity (Wildman–Crippen MR) is 104 cm³/mol. The molecule has 0 aliphatic carbocycles. The van der Waals surface area contributed by atoms with Crippen LogP contribution in [0.3, 0.4) is 0 Å². The second-order valence-corrected chi connectivity index (χ2v) is 6.73. The third kappa shape index (κ3) is 5.04. The van der Waals surface area contributed by atoms with Crippen molar-refractivity contribution in [2.24, 2.45) is 4.99 Å². The number of carbonyl (C=O) groups is 1. The summed E-state index contributed by atoms with van der Waals surface area (Å²) in [6.45, 7) is 3.97. The number of ether oxygens (including phenoxy) is 1. The van der Waals surface area contributed by atoms with Gasteiger partial charge in [-0.15, -0.1) is 0 Å². The van der Waals surface area contributed by atoms with E-state index in [9.17, 15) is 18.0 Å². The number of aliphatic imine (C=N–C) groups is 1. The van der Waals surface area contributed by atoms with Crippen LogP contribution in [0.2, 0.25) is 0 Å². The van der Waals surface area contributed by atoms with Gasteiger partial charge in [0.05, 0.1) is 16.2 Å². The van der Waals surface area contributed by atoms with E-state index in [0.717, 1.165) is 29.5 Å². The molecule has 0 aromatic heterocycles. The molecule has 0 atom stereocenters. The van der Waals surface area contributed by atoms with E-state index in [-0.39, 0.29) is 16.8 Å². The van der Waals surface area contributed by atoms with E-state index in [0.29, 0.717) is 17.3 Å². The molecule has 2 aromatic rings. The first-order valence-electron chi connectivity index (χ1n) is 8.16. The van der Waals surface area contributed by atoms with Crippen LogP contribution < -0.4 is 10.1 Å². The molecule has 144 valence electrons. The Morgan fingerprint density at radius 2 is 1.93 bits per heavy atom. The van der Waals surface area contributed by atoms with E-state index in [4.69, 9.17) is 4.74 Å². The molecule has 0 unspecified atom stereocenters. The summed E-state index contributed by atoms with van der Waals surface area (Å²) < 4.78 is 43.8. The Balaban J connectivity index is 1.75. The summed E-state index contributed by atoms with van der Waals surface area (Å²) in [5.74, 6) is 0.320. The van der Waals surface area contributed by atoms with Crippen molar-refractivity contribution in [2.75, 3.05) is 6.61 Å². The van der Waals surface area contributed by atoms with E-state index in [1.807, 2.05) is 0 Å². The lowest BCUT2D eigenvalue weighted by Crippen LogP contribution is -2.19. The van der Waals surface area contributed by atoms with Crippen molar-refractivity contribution in [3.8, 4) is 5.75 Å². The zero-order chi connectivity index (χ0) is 20.1. The number of halogens is 3. The van der Waals surface area contributed by atoms with E-state index in [2.05, 4.69) is 16.9 Å². The van der Waals surface area contributed by atoms with E-state index >= 15 is 0 Å². The van der Waals surface area contributed by atoms with Gasteiger partial charge in [-0.25, -0.2) is 4.99 Å². The lowest BCUT2D eigenvalue weighted by molar-refractivity contribution is -0.137. The number of hydrogen-bond acceptors (Lipinski definition) is 4. The van der Waals surface area contributed by atoms with Gasteiger partial charge in [0.15, 0.2) is 5.17 Å².